The molecule has 2 atom stereocenters. The first-order valence-corrected chi connectivity index (χ1v) is 8.98. The van der Waals surface area contributed by atoms with Crippen LogP contribution >= 0.6 is 0 Å². The number of nitrogens with zero attached hydrogens (tertiary/aromatic N) is 3. The molecule has 28 heavy (non-hydrogen) atoms. The molecule has 0 saturated carbocycles. The van der Waals surface area contributed by atoms with Gasteiger partial charge in [0.25, 0.3) is 0 Å². The standard InChI is InChI=1S/C22H19N3O3/c1-28-21-9-5-8-18-17(21)10-11-19(22(18)16(12-23)13-24)20(14-25(26)27)15-6-3-2-4-7-15/h2-9,19-20H,10-11,14H2,1H3/t19-,20-/m0/s1. The smallest absolute Gasteiger partial charge is 0.211 e. The van der Waals surface area contributed by atoms with Crippen LogP contribution in [-0.2, 0) is 6.42 Å². The second kappa shape index (κ2) is 8.37. The normalized spacial score (nSPS) is 16.2. The summed E-state index contributed by atoms with van der Waals surface area (Å²) in [4.78, 5) is 11.1. The van der Waals surface area contributed by atoms with Crippen molar-refractivity contribution in [2.24, 2.45) is 5.92 Å². The molecule has 0 heterocycles. The van der Waals surface area contributed by atoms with E-state index in [2.05, 4.69) is 0 Å². The molecule has 1 aliphatic carbocycles. The summed E-state index contributed by atoms with van der Waals surface area (Å²) in [6, 6.07) is 18.8. The Hall–Kier alpha value is -3.64. The predicted molar refractivity (Wildman–Crippen MR) is 104 cm³/mol. The molecular formula is C22H19N3O3. The Kier molecular flexibility index (Phi) is 5.72. The number of fused-ring (bicyclic) bond motifs is 1. The van der Waals surface area contributed by atoms with E-state index in [1.165, 1.54) is 0 Å². The van der Waals surface area contributed by atoms with Gasteiger partial charge in [-0.15, -0.1) is 0 Å². The summed E-state index contributed by atoms with van der Waals surface area (Å²) in [7, 11) is 1.58. The van der Waals surface area contributed by atoms with Crippen molar-refractivity contribution in [2.75, 3.05) is 13.7 Å². The molecule has 0 aliphatic heterocycles. The van der Waals surface area contributed by atoms with Crippen LogP contribution in [-0.4, -0.2) is 18.6 Å². The fourth-order valence-electron chi connectivity index (χ4n) is 4.10. The van der Waals surface area contributed by atoms with Gasteiger partial charge in [-0.25, -0.2) is 0 Å². The van der Waals surface area contributed by atoms with E-state index in [9.17, 15) is 20.6 Å². The number of benzene rings is 2. The Morgan fingerprint density at radius 2 is 1.93 bits per heavy atom. The second-order valence-electron chi connectivity index (χ2n) is 6.68. The molecule has 0 amide bonds. The number of rotatable bonds is 5. The largest absolute Gasteiger partial charge is 0.496 e. The molecule has 6 nitrogen and oxygen atoms in total. The maximum atomic E-state index is 11.4. The van der Waals surface area contributed by atoms with E-state index >= 15 is 0 Å². The lowest BCUT2D eigenvalue weighted by molar-refractivity contribution is -0.484. The van der Waals surface area contributed by atoms with E-state index in [4.69, 9.17) is 4.74 Å². The number of hydrogen-bond acceptors (Lipinski definition) is 5. The Balaban J connectivity index is 2.21. The van der Waals surface area contributed by atoms with Crippen LogP contribution < -0.4 is 4.74 Å². The molecule has 0 radical (unpaired) electrons. The summed E-state index contributed by atoms with van der Waals surface area (Å²) in [5.41, 5.74) is 3.14. The predicted octanol–water partition coefficient (Wildman–Crippen LogP) is 4.12. The van der Waals surface area contributed by atoms with E-state index < -0.39 is 5.92 Å². The zero-order chi connectivity index (χ0) is 20.1. The van der Waals surface area contributed by atoms with Gasteiger partial charge in [0.05, 0.1) is 13.0 Å². The van der Waals surface area contributed by atoms with Crippen LogP contribution in [0.4, 0.5) is 0 Å². The van der Waals surface area contributed by atoms with Crippen molar-refractivity contribution in [3.8, 4) is 17.9 Å². The third-order valence-electron chi connectivity index (χ3n) is 5.27. The molecule has 0 N–H and O–H groups in total. The number of ether oxygens (including phenoxy) is 1. The highest BCUT2D eigenvalue weighted by molar-refractivity contribution is 5.81. The molecule has 0 unspecified atom stereocenters. The number of allylic oxidation sites excluding steroid dienone is 2. The molecule has 0 saturated heterocycles. The number of hydrogen-bond donors (Lipinski definition) is 0. The molecular weight excluding hydrogens is 354 g/mol. The summed E-state index contributed by atoms with van der Waals surface area (Å²) in [6.45, 7) is -0.262. The van der Waals surface area contributed by atoms with Gasteiger partial charge in [-0.2, -0.15) is 10.5 Å². The van der Waals surface area contributed by atoms with E-state index in [1.54, 1.807) is 7.11 Å². The van der Waals surface area contributed by atoms with Crippen LogP contribution in [0.3, 0.4) is 0 Å². The van der Waals surface area contributed by atoms with Crippen LogP contribution in [0.15, 0.2) is 54.1 Å². The fraction of sp³-hybridized carbons (Fsp3) is 0.273. The van der Waals surface area contributed by atoms with E-state index in [-0.39, 0.29) is 23.0 Å². The fourth-order valence-corrected chi connectivity index (χ4v) is 4.10. The van der Waals surface area contributed by atoms with Gasteiger partial charge >= 0.3 is 0 Å². The molecule has 1 aliphatic rings. The number of nitro groups is 1. The lowest BCUT2D eigenvalue weighted by atomic mass is 9.69. The minimum atomic E-state index is -0.428. The molecule has 6 heteroatoms. The summed E-state index contributed by atoms with van der Waals surface area (Å²) in [5, 5.41) is 30.6. The topological polar surface area (TPSA) is 99.9 Å². The highest BCUT2D eigenvalue weighted by atomic mass is 16.6. The highest BCUT2D eigenvalue weighted by Crippen LogP contribution is 2.46. The van der Waals surface area contributed by atoms with Gasteiger partial charge in [0.15, 0.2) is 0 Å². The van der Waals surface area contributed by atoms with Crippen molar-refractivity contribution < 1.29 is 9.66 Å². The van der Waals surface area contributed by atoms with Crippen LogP contribution in [0, 0.1) is 38.7 Å². The zero-order valence-electron chi connectivity index (χ0n) is 15.5. The van der Waals surface area contributed by atoms with Crippen molar-refractivity contribution in [1.82, 2.24) is 0 Å². The minimum Gasteiger partial charge on any atom is -0.496 e. The first kappa shape index (κ1) is 19.1. The Morgan fingerprint density at radius 1 is 1.21 bits per heavy atom. The third kappa shape index (κ3) is 3.58. The van der Waals surface area contributed by atoms with Crippen molar-refractivity contribution in [1.29, 1.82) is 10.5 Å². The maximum absolute atomic E-state index is 11.4. The Bertz CT molecular complexity index is 984. The van der Waals surface area contributed by atoms with Gasteiger partial charge in [-0.3, -0.25) is 10.1 Å². The highest BCUT2D eigenvalue weighted by Gasteiger charge is 2.37. The van der Waals surface area contributed by atoms with Crippen LogP contribution in [0.1, 0.15) is 29.0 Å². The average Bonchev–Trinajstić information content (AvgIpc) is 2.73. The minimum absolute atomic E-state index is 0.00322. The van der Waals surface area contributed by atoms with Gasteiger partial charge in [0.1, 0.15) is 23.5 Å². The third-order valence-corrected chi connectivity index (χ3v) is 5.27. The van der Waals surface area contributed by atoms with Gasteiger partial charge in [0.2, 0.25) is 6.54 Å². The van der Waals surface area contributed by atoms with E-state index in [1.807, 2.05) is 60.7 Å². The van der Waals surface area contributed by atoms with Crippen LogP contribution in [0.5, 0.6) is 5.75 Å². The number of nitriles is 2. The Labute approximate surface area is 163 Å². The SMILES string of the molecule is COc1cccc2c1CC[C@@H]([C@@H](C[N+](=O)[O-])c1ccccc1)C2=C(C#N)C#N. The quantitative estimate of drug-likeness (QED) is 0.446. The summed E-state index contributed by atoms with van der Waals surface area (Å²) < 4.78 is 5.46. The van der Waals surface area contributed by atoms with Crippen LogP contribution in [0.2, 0.25) is 0 Å². The molecule has 0 aromatic heterocycles. The summed E-state index contributed by atoms with van der Waals surface area (Å²) in [6.07, 6.45) is 1.27. The zero-order valence-corrected chi connectivity index (χ0v) is 15.5. The molecule has 2 aromatic carbocycles. The van der Waals surface area contributed by atoms with Gasteiger partial charge in [0, 0.05) is 10.5 Å². The molecule has 140 valence electrons. The maximum Gasteiger partial charge on any atom is 0.211 e. The van der Waals surface area contributed by atoms with Crippen molar-refractivity contribution in [3.63, 3.8) is 0 Å². The lowest BCUT2D eigenvalue weighted by Crippen LogP contribution is -2.27. The molecule has 0 bridgehead atoms. The molecule has 0 fully saturated rings. The monoisotopic (exact) mass is 373 g/mol. The van der Waals surface area contributed by atoms with E-state index in [0.717, 1.165) is 16.7 Å². The van der Waals surface area contributed by atoms with Crippen molar-refractivity contribution >= 4 is 5.57 Å². The summed E-state index contributed by atoms with van der Waals surface area (Å²) >= 11 is 0. The first-order chi connectivity index (χ1) is 13.6. The number of methoxy groups -OCH3 is 1. The van der Waals surface area contributed by atoms with Gasteiger partial charge < -0.3 is 4.74 Å². The molecule has 0 spiro atoms. The van der Waals surface area contributed by atoms with E-state index in [0.29, 0.717) is 24.2 Å². The lowest BCUT2D eigenvalue weighted by Gasteiger charge is -2.33. The van der Waals surface area contributed by atoms with Gasteiger partial charge in [-0.1, -0.05) is 42.5 Å². The van der Waals surface area contributed by atoms with Crippen LogP contribution in [0.25, 0.3) is 5.57 Å². The summed E-state index contributed by atoms with van der Waals surface area (Å²) in [5.74, 6) is -0.0295. The van der Waals surface area contributed by atoms with Gasteiger partial charge in [-0.05, 0) is 41.5 Å². The second-order valence-corrected chi connectivity index (χ2v) is 6.68. The molecule has 2 aromatic rings. The first-order valence-electron chi connectivity index (χ1n) is 8.98. The Morgan fingerprint density at radius 3 is 2.54 bits per heavy atom. The average molecular weight is 373 g/mol. The van der Waals surface area contributed by atoms with Crippen molar-refractivity contribution in [3.05, 3.63) is 80.9 Å². The molecule has 3 rings (SSSR count). The van der Waals surface area contributed by atoms with Crippen molar-refractivity contribution in [2.45, 2.75) is 18.8 Å².